The van der Waals surface area contributed by atoms with E-state index in [1.807, 2.05) is 0 Å². The van der Waals surface area contributed by atoms with E-state index in [4.69, 9.17) is 58.0 Å². The first kappa shape index (κ1) is 25.8. The van der Waals surface area contributed by atoms with Gasteiger partial charge in [-0.05, 0) is 53.6 Å². The number of amides is 1. The van der Waals surface area contributed by atoms with E-state index in [9.17, 15) is 19.2 Å². The lowest BCUT2D eigenvalue weighted by atomic mass is 9.98. The van der Waals surface area contributed by atoms with Crippen LogP contribution in [0.5, 0.6) is 0 Å². The molecule has 0 heterocycles. The number of benzene rings is 3. The molecule has 0 spiro atoms. The first-order valence-electron chi connectivity index (χ1n) is 10.2. The van der Waals surface area contributed by atoms with Crippen LogP contribution in [0.15, 0.2) is 54.6 Å². The monoisotopic (exact) mass is 568 g/mol. The number of ketones is 1. The molecule has 1 fully saturated rings. The van der Waals surface area contributed by atoms with Crippen LogP contribution < -0.4 is 5.32 Å². The number of carbonyl (C=O) groups excluding carboxylic acids is 2. The minimum absolute atomic E-state index is 0.106. The van der Waals surface area contributed by atoms with E-state index in [-0.39, 0.29) is 28.1 Å². The van der Waals surface area contributed by atoms with Crippen molar-refractivity contribution in [2.75, 3.05) is 5.32 Å². The number of hydrogen-bond acceptors (Lipinski definition) is 3. The highest BCUT2D eigenvalue weighted by Gasteiger charge is 2.67. The number of nitriles is 1. The lowest BCUT2D eigenvalue weighted by molar-refractivity contribution is -0.117. The Hall–Kier alpha value is -2.33. The van der Waals surface area contributed by atoms with Crippen LogP contribution in [0.3, 0.4) is 0 Å². The van der Waals surface area contributed by atoms with Crippen LogP contribution in [0.4, 0.5) is 10.1 Å². The summed E-state index contributed by atoms with van der Waals surface area (Å²) in [7, 11) is 0. The number of nitrogens with one attached hydrogen (secondary N) is 1. The molecule has 1 aliphatic rings. The topological polar surface area (TPSA) is 70.0 Å². The fourth-order valence-electron chi connectivity index (χ4n) is 3.97. The van der Waals surface area contributed by atoms with Crippen molar-refractivity contribution < 1.29 is 14.0 Å². The molecule has 3 aromatic carbocycles. The minimum Gasteiger partial charge on any atom is -0.326 e. The molecular formula is C25H14Cl5FN2O2. The molecule has 2 unspecified atom stereocenters. The molecule has 1 amide bonds. The van der Waals surface area contributed by atoms with Crippen molar-refractivity contribution in [3.8, 4) is 6.07 Å². The molecular weight excluding hydrogens is 557 g/mol. The van der Waals surface area contributed by atoms with Gasteiger partial charge in [0.1, 0.15) is 16.2 Å². The summed E-state index contributed by atoms with van der Waals surface area (Å²) in [5.74, 6) is -2.95. The van der Waals surface area contributed by atoms with E-state index in [0.717, 1.165) is 6.07 Å². The molecule has 0 aliphatic heterocycles. The minimum atomic E-state index is -1.37. The highest BCUT2D eigenvalue weighted by molar-refractivity contribution is 6.53. The molecule has 10 heteroatoms. The summed E-state index contributed by atoms with van der Waals surface area (Å²) in [5.41, 5.74) is 1.06. The number of hydrogen-bond donors (Lipinski definition) is 1. The van der Waals surface area contributed by atoms with Gasteiger partial charge >= 0.3 is 0 Å². The lowest BCUT2D eigenvalue weighted by Gasteiger charge is -2.10. The molecule has 0 bridgehead atoms. The van der Waals surface area contributed by atoms with Gasteiger partial charge < -0.3 is 5.32 Å². The average molecular weight is 571 g/mol. The van der Waals surface area contributed by atoms with E-state index < -0.39 is 33.7 Å². The summed E-state index contributed by atoms with van der Waals surface area (Å²) in [4.78, 5) is 25.9. The Bertz CT molecular complexity index is 1380. The number of rotatable bonds is 6. The van der Waals surface area contributed by atoms with Crippen LogP contribution in [-0.4, -0.2) is 16.0 Å². The zero-order valence-electron chi connectivity index (χ0n) is 17.6. The van der Waals surface area contributed by atoms with Gasteiger partial charge in [-0.25, -0.2) is 4.39 Å². The molecule has 1 N–H and O–H groups in total. The Morgan fingerprint density at radius 3 is 2.37 bits per heavy atom. The summed E-state index contributed by atoms with van der Waals surface area (Å²) in [6.45, 7) is 0. The Kier molecular flexibility index (Phi) is 7.33. The summed E-state index contributed by atoms with van der Waals surface area (Å²) in [6, 6.07) is 15.1. The predicted molar refractivity (Wildman–Crippen MR) is 136 cm³/mol. The largest absolute Gasteiger partial charge is 0.326 e. The molecule has 0 radical (unpaired) electrons. The normalized spacial score (nSPS) is 18.0. The highest BCUT2D eigenvalue weighted by atomic mass is 35.5. The second kappa shape index (κ2) is 9.97. The second-order valence-corrected chi connectivity index (χ2v) is 10.7. The van der Waals surface area contributed by atoms with E-state index >= 15 is 0 Å². The fourth-order valence-corrected chi connectivity index (χ4v) is 5.56. The Morgan fingerprint density at radius 2 is 1.71 bits per heavy atom. The van der Waals surface area contributed by atoms with Gasteiger partial charge in [0.25, 0.3) is 0 Å². The third-order valence-corrected chi connectivity index (χ3v) is 7.38. The predicted octanol–water partition coefficient (Wildman–Crippen LogP) is 7.61. The van der Waals surface area contributed by atoms with Gasteiger partial charge in [0, 0.05) is 33.6 Å². The van der Waals surface area contributed by atoms with Crippen LogP contribution in [0.1, 0.15) is 33.0 Å². The molecule has 2 atom stereocenters. The van der Waals surface area contributed by atoms with Crippen LogP contribution in [-0.2, 0) is 11.2 Å². The van der Waals surface area contributed by atoms with Crippen molar-refractivity contribution in [2.24, 2.45) is 5.92 Å². The van der Waals surface area contributed by atoms with Crippen molar-refractivity contribution in [2.45, 2.75) is 16.7 Å². The zero-order valence-corrected chi connectivity index (χ0v) is 21.4. The molecule has 1 aliphatic carbocycles. The van der Waals surface area contributed by atoms with Crippen LogP contribution >= 0.6 is 58.0 Å². The SMILES string of the molecule is N#Cc1c(F)cccc1CC(=O)c1cc(NC(=O)C2C(c3cc(Cl)cc(Cl)c3)C2(Cl)Cl)ccc1Cl. The van der Waals surface area contributed by atoms with E-state index in [2.05, 4.69) is 5.32 Å². The maximum atomic E-state index is 13.9. The first-order chi connectivity index (χ1) is 16.5. The van der Waals surface area contributed by atoms with Crippen molar-refractivity contribution in [3.05, 3.63) is 97.7 Å². The Labute approximate surface area is 225 Å². The summed E-state index contributed by atoms with van der Waals surface area (Å²) < 4.78 is 12.5. The fraction of sp³-hybridized carbons (Fsp3) is 0.160. The van der Waals surface area contributed by atoms with Gasteiger partial charge in [0.15, 0.2) is 5.78 Å². The number of Topliss-reactive ketones (excluding diaryl/α,β-unsaturated/α-hetero) is 1. The second-order valence-electron chi connectivity index (χ2n) is 8.00. The standard InChI is InChI=1S/C25H14Cl5FN2O2/c26-14-6-13(7-15(27)9-14)22-23(25(22,29)30)24(35)33-16-4-5-19(28)17(10-16)21(34)8-12-2-1-3-20(31)18(12)11-32/h1-7,9-10,22-23H,8H2,(H,33,35). The lowest BCUT2D eigenvalue weighted by Crippen LogP contribution is -2.17. The van der Waals surface area contributed by atoms with Gasteiger partial charge in [-0.3, -0.25) is 9.59 Å². The Morgan fingerprint density at radius 1 is 1.03 bits per heavy atom. The summed E-state index contributed by atoms with van der Waals surface area (Å²) >= 11 is 31.1. The van der Waals surface area contributed by atoms with Crippen molar-refractivity contribution >= 4 is 75.4 Å². The molecule has 1 saturated carbocycles. The third kappa shape index (κ3) is 5.28. The van der Waals surface area contributed by atoms with Gasteiger partial charge in [0.05, 0.1) is 16.5 Å². The van der Waals surface area contributed by atoms with E-state index in [0.29, 0.717) is 21.3 Å². The highest BCUT2D eigenvalue weighted by Crippen LogP contribution is 2.65. The summed E-state index contributed by atoms with van der Waals surface area (Å²) in [6.07, 6.45) is -0.246. The van der Waals surface area contributed by atoms with Crippen LogP contribution in [0.25, 0.3) is 0 Å². The summed E-state index contributed by atoms with van der Waals surface area (Å²) in [5, 5.41) is 12.8. The van der Waals surface area contributed by atoms with Gasteiger partial charge in [0.2, 0.25) is 5.91 Å². The number of anilines is 1. The molecule has 3 aromatic rings. The molecule has 0 saturated heterocycles. The smallest absolute Gasteiger partial charge is 0.231 e. The maximum absolute atomic E-state index is 13.9. The third-order valence-electron chi connectivity index (χ3n) is 5.68. The molecule has 35 heavy (non-hydrogen) atoms. The first-order valence-corrected chi connectivity index (χ1v) is 12.1. The molecule has 4 rings (SSSR count). The Balaban J connectivity index is 1.53. The number of alkyl halides is 2. The van der Waals surface area contributed by atoms with E-state index in [1.54, 1.807) is 24.3 Å². The van der Waals surface area contributed by atoms with E-state index in [1.165, 1.54) is 30.3 Å². The average Bonchev–Trinajstić information content (AvgIpc) is 3.36. The van der Waals surface area contributed by atoms with Crippen LogP contribution in [0, 0.1) is 23.1 Å². The molecule has 178 valence electrons. The molecule has 4 nitrogen and oxygen atoms in total. The van der Waals surface area contributed by atoms with Crippen LogP contribution in [0.2, 0.25) is 15.1 Å². The van der Waals surface area contributed by atoms with Gasteiger partial charge in [-0.15, -0.1) is 23.2 Å². The number of halogens is 6. The maximum Gasteiger partial charge on any atom is 0.231 e. The van der Waals surface area contributed by atoms with Crippen molar-refractivity contribution in [1.82, 2.24) is 0 Å². The quantitative estimate of drug-likeness (QED) is 0.245. The van der Waals surface area contributed by atoms with Gasteiger partial charge in [-0.1, -0.05) is 46.9 Å². The molecule has 0 aromatic heterocycles. The zero-order chi connectivity index (χ0) is 25.5. The number of carbonyl (C=O) groups is 2. The van der Waals surface area contributed by atoms with Crippen molar-refractivity contribution in [1.29, 1.82) is 5.26 Å². The van der Waals surface area contributed by atoms with Gasteiger partial charge in [-0.2, -0.15) is 5.26 Å². The number of nitrogens with zero attached hydrogens (tertiary/aromatic N) is 1. The van der Waals surface area contributed by atoms with Crippen molar-refractivity contribution in [3.63, 3.8) is 0 Å².